The van der Waals surface area contributed by atoms with Crippen LogP contribution >= 0.6 is 0 Å². The molecule has 3 aliphatic carbocycles. The lowest BCUT2D eigenvalue weighted by Crippen LogP contribution is -2.63. The zero-order valence-electron chi connectivity index (χ0n) is 19.5. The lowest BCUT2D eigenvalue weighted by atomic mass is 9.58. The Morgan fingerprint density at radius 1 is 1.25 bits per heavy atom. The number of amides is 2. The summed E-state index contributed by atoms with van der Waals surface area (Å²) in [4.78, 5) is 51.7. The molecule has 192 valence electrons. The molecule has 1 aromatic rings. The third kappa shape index (κ3) is 3.27. The summed E-state index contributed by atoms with van der Waals surface area (Å²) in [6.45, 7) is 0. The Labute approximate surface area is 203 Å². The average Bonchev–Trinajstić information content (AvgIpc) is 2.78. The van der Waals surface area contributed by atoms with Gasteiger partial charge in [0.05, 0.1) is 18.7 Å². The number of anilines is 1. The fourth-order valence-corrected chi connectivity index (χ4v) is 5.54. The van der Waals surface area contributed by atoms with Gasteiger partial charge in [-0.05, 0) is 44.5 Å². The number of benzene rings is 1. The first-order chi connectivity index (χ1) is 16.8. The Balaban J connectivity index is 1.93. The van der Waals surface area contributed by atoms with E-state index in [4.69, 9.17) is 5.73 Å². The van der Waals surface area contributed by atoms with Crippen molar-refractivity contribution in [1.82, 2.24) is 4.90 Å². The number of allylic oxidation sites excluding steroid dienone is 1. The molecule has 13 heteroatoms. The molecule has 1 aromatic carbocycles. The number of aliphatic hydroxyl groups is 3. The van der Waals surface area contributed by atoms with Crippen LogP contribution in [-0.2, 0) is 20.7 Å². The van der Waals surface area contributed by atoms with Crippen LogP contribution in [0.25, 0.3) is 0 Å². The van der Waals surface area contributed by atoms with Crippen LogP contribution in [0.4, 0.5) is 14.9 Å². The highest BCUT2D eigenvalue weighted by Gasteiger charge is 2.63. The summed E-state index contributed by atoms with van der Waals surface area (Å²) in [7, 11) is 4.03. The van der Waals surface area contributed by atoms with E-state index >= 15 is 0 Å². The number of likely N-dealkylation sites (N-methyl/N-ethyl adjacent to an activating group) is 1. The predicted molar refractivity (Wildman–Crippen MR) is 120 cm³/mol. The number of methoxy groups -OCH3 is 1. The monoisotopic (exact) mass is 505 g/mol. The summed E-state index contributed by atoms with van der Waals surface area (Å²) in [5.41, 5.74) is 0.0668. The smallest absolute Gasteiger partial charge is 0.411 e. The number of fused-ring (bicyclic) bond motifs is 3. The number of rotatable bonds is 3. The molecule has 0 spiro atoms. The molecule has 0 saturated heterocycles. The van der Waals surface area contributed by atoms with Gasteiger partial charge in [0.25, 0.3) is 5.91 Å². The number of halogens is 1. The molecule has 0 fully saturated rings. The number of ketones is 2. The van der Waals surface area contributed by atoms with Gasteiger partial charge in [0, 0.05) is 11.5 Å². The molecule has 12 nitrogen and oxygen atoms in total. The van der Waals surface area contributed by atoms with E-state index in [1.54, 1.807) is 0 Å². The number of phenols is 1. The van der Waals surface area contributed by atoms with Gasteiger partial charge in [0.1, 0.15) is 22.8 Å². The topological polar surface area (TPSA) is 200 Å². The van der Waals surface area contributed by atoms with Crippen molar-refractivity contribution in [3.63, 3.8) is 0 Å². The number of phenolic OH excluding ortho intramolecular Hbond substituents is 1. The maximum absolute atomic E-state index is 14.7. The molecule has 0 aromatic heterocycles. The first-order valence-corrected chi connectivity index (χ1v) is 10.8. The second-order valence-electron chi connectivity index (χ2n) is 9.20. The highest BCUT2D eigenvalue weighted by molar-refractivity contribution is 6.25. The van der Waals surface area contributed by atoms with E-state index in [-0.39, 0.29) is 18.4 Å². The van der Waals surface area contributed by atoms with Crippen molar-refractivity contribution in [1.29, 1.82) is 0 Å². The van der Waals surface area contributed by atoms with E-state index in [1.807, 2.05) is 5.32 Å². The minimum absolute atomic E-state index is 0.0681. The Morgan fingerprint density at radius 2 is 1.89 bits per heavy atom. The van der Waals surface area contributed by atoms with E-state index in [1.165, 1.54) is 19.0 Å². The van der Waals surface area contributed by atoms with Crippen LogP contribution in [0.5, 0.6) is 5.75 Å². The summed E-state index contributed by atoms with van der Waals surface area (Å²) >= 11 is 0. The standard InChI is InChI=1S/C23H24FN3O9/c1-27(2)15-9-5-7-4-8-6-10(24)14(26-22(34)36-3)17(29)11(8)16(28)12(7)19(31)23(9,35)20(32)13(18(15)30)21(25)33/h6-7,9,15,29-31,35H,4-5H2,1-3H3,(H2,25,33)(H,26,34)/t7?,9?,15-,23-/m0/s1. The summed E-state index contributed by atoms with van der Waals surface area (Å²) in [6.07, 6.45) is -1.33. The molecule has 4 rings (SSSR count). The van der Waals surface area contributed by atoms with Crippen molar-refractivity contribution in [2.24, 2.45) is 17.6 Å². The third-order valence-electron chi connectivity index (χ3n) is 7.08. The normalized spacial score (nSPS) is 27.4. The molecule has 7 N–H and O–H groups in total. The molecule has 36 heavy (non-hydrogen) atoms. The molecular formula is C23H24FN3O9. The summed E-state index contributed by atoms with van der Waals surface area (Å²) in [6, 6.07) is -0.183. The molecule has 3 aliphatic rings. The summed E-state index contributed by atoms with van der Waals surface area (Å²) in [5, 5.41) is 46.0. The van der Waals surface area contributed by atoms with Crippen LogP contribution in [0.15, 0.2) is 28.7 Å². The van der Waals surface area contributed by atoms with Crippen LogP contribution in [-0.4, -0.2) is 81.7 Å². The Morgan fingerprint density at radius 3 is 2.44 bits per heavy atom. The quantitative estimate of drug-likeness (QED) is 0.247. The largest absolute Gasteiger partial charge is 0.510 e. The fraction of sp³-hybridized carbons (Fsp3) is 0.391. The first kappa shape index (κ1) is 25.1. The zero-order chi connectivity index (χ0) is 26.9. The molecule has 0 bridgehead atoms. The summed E-state index contributed by atoms with van der Waals surface area (Å²) in [5.74, 6) is -9.44. The van der Waals surface area contributed by atoms with Crippen LogP contribution in [0, 0.1) is 17.7 Å². The number of Topliss-reactive ketones (excluding diaryl/α,β-unsaturated/α-hetero) is 2. The maximum atomic E-state index is 14.7. The van der Waals surface area contributed by atoms with Crippen molar-refractivity contribution < 1.29 is 48.7 Å². The van der Waals surface area contributed by atoms with E-state index < -0.39 is 92.5 Å². The molecule has 0 radical (unpaired) electrons. The van der Waals surface area contributed by atoms with Crippen molar-refractivity contribution in [2.45, 2.75) is 24.5 Å². The van der Waals surface area contributed by atoms with Gasteiger partial charge in [0.15, 0.2) is 23.0 Å². The van der Waals surface area contributed by atoms with E-state index in [0.29, 0.717) is 0 Å². The molecule has 0 aliphatic heterocycles. The third-order valence-corrected chi connectivity index (χ3v) is 7.08. The summed E-state index contributed by atoms with van der Waals surface area (Å²) < 4.78 is 19.1. The van der Waals surface area contributed by atoms with Gasteiger partial charge in [0.2, 0.25) is 5.78 Å². The van der Waals surface area contributed by atoms with E-state index in [0.717, 1.165) is 13.2 Å². The van der Waals surface area contributed by atoms with Crippen molar-refractivity contribution >= 4 is 29.3 Å². The Kier molecular flexibility index (Phi) is 5.80. The number of aliphatic hydroxyl groups excluding tert-OH is 2. The van der Waals surface area contributed by atoms with Crippen LogP contribution in [0.2, 0.25) is 0 Å². The molecule has 2 amide bonds. The number of nitrogens with zero attached hydrogens (tertiary/aromatic N) is 1. The number of carbonyl (C=O) groups excluding carboxylic acids is 4. The van der Waals surface area contributed by atoms with Gasteiger partial charge in [-0.25, -0.2) is 9.18 Å². The number of nitrogens with two attached hydrogens (primary N) is 1. The molecule has 4 atom stereocenters. The minimum Gasteiger partial charge on any atom is -0.510 e. The average molecular weight is 505 g/mol. The van der Waals surface area contributed by atoms with E-state index in [9.17, 15) is 44.0 Å². The van der Waals surface area contributed by atoms with Gasteiger partial charge >= 0.3 is 6.09 Å². The second kappa shape index (κ2) is 8.31. The second-order valence-corrected chi connectivity index (χ2v) is 9.20. The number of carbonyl (C=O) groups is 4. The Bertz CT molecular complexity index is 1300. The van der Waals surface area contributed by atoms with Crippen molar-refractivity contribution in [3.8, 4) is 5.75 Å². The number of hydrogen-bond acceptors (Lipinski definition) is 10. The number of ether oxygens (including phenoxy) is 1. The molecule has 0 saturated carbocycles. The SMILES string of the molecule is COC(=O)Nc1c(F)cc2c(c1O)C(=O)C1=C(O)[C@]3(O)C(=O)C(C(N)=O)=C(O)[C@@H](N(C)C)C3CC1C2. The van der Waals surface area contributed by atoms with Crippen LogP contribution < -0.4 is 11.1 Å². The van der Waals surface area contributed by atoms with Crippen LogP contribution in [0.3, 0.4) is 0 Å². The lowest BCUT2D eigenvalue weighted by Gasteiger charge is -2.50. The number of aromatic hydroxyl groups is 1. The van der Waals surface area contributed by atoms with Crippen molar-refractivity contribution in [2.75, 3.05) is 26.5 Å². The lowest BCUT2D eigenvalue weighted by molar-refractivity contribution is -0.148. The highest BCUT2D eigenvalue weighted by Crippen LogP contribution is 2.52. The number of nitrogens with one attached hydrogen (secondary N) is 1. The van der Waals surface area contributed by atoms with Gasteiger partial charge in [-0.2, -0.15) is 0 Å². The van der Waals surface area contributed by atoms with Gasteiger partial charge in [-0.15, -0.1) is 0 Å². The van der Waals surface area contributed by atoms with Crippen molar-refractivity contribution in [3.05, 3.63) is 45.7 Å². The van der Waals surface area contributed by atoms with E-state index in [2.05, 4.69) is 4.74 Å². The minimum atomic E-state index is -2.78. The first-order valence-electron chi connectivity index (χ1n) is 10.8. The maximum Gasteiger partial charge on any atom is 0.411 e. The number of hydrogen-bond donors (Lipinski definition) is 6. The Hall–Kier alpha value is -3.97. The number of primary amides is 1. The van der Waals surface area contributed by atoms with Crippen LogP contribution in [0.1, 0.15) is 22.3 Å². The fourth-order valence-electron chi connectivity index (χ4n) is 5.54. The molecule has 0 heterocycles. The van der Waals surface area contributed by atoms with Gasteiger partial charge < -0.3 is 30.9 Å². The molecule has 2 unspecified atom stereocenters. The molecular weight excluding hydrogens is 481 g/mol. The highest BCUT2D eigenvalue weighted by atomic mass is 19.1. The van der Waals surface area contributed by atoms with Gasteiger partial charge in [-0.3, -0.25) is 24.6 Å². The van der Waals surface area contributed by atoms with Gasteiger partial charge in [-0.1, -0.05) is 0 Å². The zero-order valence-corrected chi connectivity index (χ0v) is 19.5. The predicted octanol–water partition coefficient (Wildman–Crippen LogP) is 0.438.